The number of halogens is 2. The van der Waals surface area contributed by atoms with Gasteiger partial charge in [-0.25, -0.2) is 0 Å². The van der Waals surface area contributed by atoms with E-state index in [1.54, 1.807) is 12.1 Å². The fraction of sp³-hybridized carbons (Fsp3) is 0.233. The van der Waals surface area contributed by atoms with Gasteiger partial charge in [-0.2, -0.15) is 0 Å². The summed E-state index contributed by atoms with van der Waals surface area (Å²) in [7, 11) is 0. The molecule has 3 aromatic rings. The number of fused-ring (bicyclic) bond motifs is 3. The summed E-state index contributed by atoms with van der Waals surface area (Å²) in [6.45, 7) is 7.02. The number of hydrogen-bond acceptors (Lipinski definition) is 0. The molecule has 168 valence electrons. The van der Waals surface area contributed by atoms with Crippen molar-refractivity contribution in [3.8, 4) is 11.1 Å². The summed E-state index contributed by atoms with van der Waals surface area (Å²) in [6.07, 6.45) is 8.37. The minimum Gasteiger partial charge on any atom is -1.00 e. The summed E-state index contributed by atoms with van der Waals surface area (Å²) in [5.41, 5.74) is 9.19. The van der Waals surface area contributed by atoms with Crippen molar-refractivity contribution in [2.45, 2.75) is 40.0 Å². The first-order valence-corrected chi connectivity index (χ1v) is 15.2. The Bertz CT molecular complexity index is 1230. The van der Waals surface area contributed by atoms with Crippen LogP contribution in [0.1, 0.15) is 43.9 Å². The van der Waals surface area contributed by atoms with Gasteiger partial charge in [0, 0.05) is 0 Å². The minimum absolute atomic E-state index is 0. The van der Waals surface area contributed by atoms with Crippen molar-refractivity contribution in [3.05, 3.63) is 110 Å². The maximum atomic E-state index is 2.74. The first kappa shape index (κ1) is 26.1. The molecule has 0 atom stereocenters. The average molecular weight is 553 g/mol. The van der Waals surface area contributed by atoms with Crippen molar-refractivity contribution in [3.63, 3.8) is 0 Å². The van der Waals surface area contributed by atoms with Crippen LogP contribution < -0.4 is 28.1 Å². The van der Waals surface area contributed by atoms with Crippen LogP contribution in [0.25, 0.3) is 11.1 Å². The molecular weight excluding hydrogens is 522 g/mol. The molecule has 3 heteroatoms. The number of benzene rings is 3. The first-order valence-electron chi connectivity index (χ1n) is 11.4. The van der Waals surface area contributed by atoms with E-state index in [4.69, 9.17) is 0 Å². The van der Waals surface area contributed by atoms with Crippen molar-refractivity contribution >= 4 is 6.98 Å². The van der Waals surface area contributed by atoms with Crippen molar-refractivity contribution in [1.82, 2.24) is 0 Å². The molecule has 0 saturated carbocycles. The van der Waals surface area contributed by atoms with Crippen molar-refractivity contribution < 1.29 is 46.1 Å². The third kappa shape index (κ3) is 5.43. The zero-order chi connectivity index (χ0) is 21.4. The fourth-order valence-corrected chi connectivity index (χ4v) is 11.6. The third-order valence-corrected chi connectivity index (χ3v) is 13.2. The molecule has 33 heavy (non-hydrogen) atoms. The van der Waals surface area contributed by atoms with Gasteiger partial charge < -0.3 is 24.8 Å². The second kappa shape index (κ2) is 10.8. The number of rotatable bonds is 4. The molecule has 0 fully saturated rings. The number of allylic oxidation sites excluding steroid dienone is 4. The van der Waals surface area contributed by atoms with Gasteiger partial charge in [-0.3, -0.25) is 0 Å². The van der Waals surface area contributed by atoms with Gasteiger partial charge in [-0.15, -0.1) is 0 Å². The van der Waals surface area contributed by atoms with Gasteiger partial charge in [0.15, 0.2) is 0 Å². The summed E-state index contributed by atoms with van der Waals surface area (Å²) in [4.78, 5) is 0. The standard InChI is InChI=1S/C13H9.C9H13.C8H8.2ClH.Zr/c1-3-7-12-10(5-1)9-11-6-2-4-8-13(11)12;1-9(2,3)8-6-4-5-7-8;1-2-8-6-4-3-5-7-8;;;/h1-5,7-8H,9H2;6-7H,4H2,1-3H3;1,3-7H,2H2;2*1H;/q;;;;;+2/p-2. The first-order chi connectivity index (χ1) is 15.0. The molecule has 0 saturated heterocycles. The largest absolute Gasteiger partial charge is 1.00 e. The molecule has 0 unspecified atom stereocenters. The van der Waals surface area contributed by atoms with Gasteiger partial charge in [0.1, 0.15) is 0 Å². The third-order valence-electron chi connectivity index (χ3n) is 6.61. The molecule has 2 aliphatic carbocycles. The quantitative estimate of drug-likeness (QED) is 0.352. The maximum Gasteiger partial charge on any atom is -1.00 e. The van der Waals surface area contributed by atoms with Crippen LogP contribution in [0.4, 0.5) is 0 Å². The molecule has 2 aliphatic rings. The van der Waals surface area contributed by atoms with Crippen molar-refractivity contribution in [2.75, 3.05) is 0 Å². The molecule has 0 nitrogen and oxygen atoms in total. The summed E-state index contributed by atoms with van der Waals surface area (Å²) in [6, 6.07) is 27.1. The fourth-order valence-electron chi connectivity index (χ4n) is 4.89. The van der Waals surface area contributed by atoms with E-state index < -0.39 is 21.3 Å². The Morgan fingerprint density at radius 1 is 0.818 bits per heavy atom. The molecule has 0 aliphatic heterocycles. The minimum atomic E-state index is -2.15. The van der Waals surface area contributed by atoms with E-state index in [0.717, 1.165) is 19.3 Å². The molecule has 0 radical (unpaired) electrons. The summed E-state index contributed by atoms with van der Waals surface area (Å²) < 4.78 is 6.15. The monoisotopic (exact) mass is 550 g/mol. The predicted molar refractivity (Wildman–Crippen MR) is 131 cm³/mol. The van der Waals surface area contributed by atoms with Crippen LogP contribution in [0.2, 0.25) is 0 Å². The zero-order valence-corrected chi connectivity index (χ0v) is 23.5. The molecule has 0 N–H and O–H groups in total. The normalized spacial score (nSPS) is 13.9. The van der Waals surface area contributed by atoms with Crippen LogP contribution in [0.3, 0.4) is 0 Å². The van der Waals surface area contributed by atoms with Crippen molar-refractivity contribution in [1.29, 1.82) is 0 Å². The Labute approximate surface area is 218 Å². The molecule has 3 aromatic carbocycles. The van der Waals surface area contributed by atoms with Gasteiger partial charge >= 0.3 is 195 Å². The summed E-state index contributed by atoms with van der Waals surface area (Å²) >= 11 is -2.15. The Kier molecular flexibility index (Phi) is 8.55. The Balaban J connectivity index is 0.00000153. The molecule has 0 bridgehead atoms. The number of hydrogen-bond donors (Lipinski definition) is 0. The van der Waals surface area contributed by atoms with Crippen LogP contribution in [0, 0.1) is 5.41 Å². The van der Waals surface area contributed by atoms with Crippen LogP contribution in [-0.4, -0.2) is 3.71 Å². The van der Waals surface area contributed by atoms with Gasteiger partial charge in [0.05, 0.1) is 0 Å². The second-order valence-electron chi connectivity index (χ2n) is 9.76. The van der Waals surface area contributed by atoms with Gasteiger partial charge in [-0.1, -0.05) is 0 Å². The summed E-state index contributed by atoms with van der Waals surface area (Å²) in [5.74, 6) is 0. The Hall–Kier alpha value is -1.53. The van der Waals surface area contributed by atoms with Crippen LogP contribution in [0.15, 0.2) is 93.8 Å². The van der Waals surface area contributed by atoms with Gasteiger partial charge in [0.25, 0.3) is 0 Å². The molecule has 0 heterocycles. The van der Waals surface area contributed by atoms with E-state index >= 15 is 0 Å². The maximum absolute atomic E-state index is 2.74. The molecule has 0 spiro atoms. The van der Waals surface area contributed by atoms with E-state index in [1.807, 2.05) is 0 Å². The van der Waals surface area contributed by atoms with Crippen LogP contribution in [0.5, 0.6) is 0 Å². The SMILES string of the molecule is CC(C)(C)C1=CC[C]([Zr+2](=[CH]Cc2ccccc2)[c]2cccc3c2Cc2ccccc2-3)=C1.[Cl-].[Cl-]. The van der Waals surface area contributed by atoms with E-state index in [2.05, 4.69) is 109 Å². The average Bonchev–Trinajstić information content (AvgIpc) is 3.40. The predicted octanol–water partition coefficient (Wildman–Crippen LogP) is 0.814. The van der Waals surface area contributed by atoms with Gasteiger partial charge in [0.2, 0.25) is 0 Å². The Morgan fingerprint density at radius 3 is 2.24 bits per heavy atom. The zero-order valence-electron chi connectivity index (χ0n) is 19.5. The summed E-state index contributed by atoms with van der Waals surface area (Å²) in [5, 5.41) is 0. The molecule has 5 rings (SSSR count). The Morgan fingerprint density at radius 2 is 1.52 bits per heavy atom. The topological polar surface area (TPSA) is 0 Å². The smallest absolute Gasteiger partial charge is 1.00 e. The molecule has 0 amide bonds. The van der Waals surface area contributed by atoms with E-state index in [-0.39, 0.29) is 30.2 Å². The van der Waals surface area contributed by atoms with Crippen LogP contribution in [-0.2, 0) is 34.1 Å². The van der Waals surface area contributed by atoms with E-state index in [9.17, 15) is 0 Å². The van der Waals surface area contributed by atoms with Gasteiger partial charge in [-0.05, 0) is 0 Å². The van der Waals surface area contributed by atoms with Crippen LogP contribution >= 0.6 is 0 Å². The van der Waals surface area contributed by atoms with E-state index in [0.29, 0.717) is 0 Å². The molecular formula is C30H30Cl2Zr. The second-order valence-corrected chi connectivity index (χ2v) is 15.7. The van der Waals surface area contributed by atoms with Crippen molar-refractivity contribution in [2.24, 2.45) is 5.41 Å². The molecule has 0 aromatic heterocycles. The van der Waals surface area contributed by atoms with E-state index in [1.165, 1.54) is 27.8 Å².